The molecule has 0 radical (unpaired) electrons. The third kappa shape index (κ3) is 4.21. The standard InChI is InChI=1S/C25H26N2O4S/c1-4-19-7-5-6-8-21(19)26-25(28)24-16-27(22-15-18(3)11-14-23(22)31-24)32(29,30)20-12-9-17(2)10-13-20/h5-15,24H,4,16H2,1-3H3,(H,26,28)/t24-/m1/s1. The van der Waals surface area contributed by atoms with Crippen LogP contribution in [0.5, 0.6) is 5.75 Å². The molecule has 4 rings (SSSR count). The normalized spacial score (nSPS) is 15.6. The lowest BCUT2D eigenvalue weighted by Crippen LogP contribution is -2.49. The summed E-state index contributed by atoms with van der Waals surface area (Å²) in [6.07, 6.45) is -0.229. The summed E-state index contributed by atoms with van der Waals surface area (Å²) in [5.74, 6) is -0.0253. The molecule has 1 aliphatic heterocycles. The molecule has 166 valence electrons. The Morgan fingerprint density at radius 2 is 1.72 bits per heavy atom. The van der Waals surface area contributed by atoms with Gasteiger partial charge in [-0.2, -0.15) is 0 Å². The number of para-hydroxylation sites is 1. The fraction of sp³-hybridized carbons (Fsp3) is 0.240. The van der Waals surface area contributed by atoms with E-state index in [0.717, 1.165) is 23.1 Å². The summed E-state index contributed by atoms with van der Waals surface area (Å²) in [6.45, 7) is 5.68. The number of nitrogens with zero attached hydrogens (tertiary/aromatic N) is 1. The van der Waals surface area contributed by atoms with Crippen molar-refractivity contribution in [3.63, 3.8) is 0 Å². The van der Waals surface area contributed by atoms with Gasteiger partial charge in [-0.3, -0.25) is 9.10 Å². The SMILES string of the molecule is CCc1ccccc1NC(=O)[C@H]1CN(S(=O)(=O)c2ccc(C)cc2)c2cc(C)ccc2O1. The minimum atomic E-state index is -3.89. The summed E-state index contributed by atoms with van der Waals surface area (Å²) >= 11 is 0. The van der Waals surface area contributed by atoms with Gasteiger partial charge in [0.15, 0.2) is 6.10 Å². The highest BCUT2D eigenvalue weighted by Gasteiger charge is 2.37. The largest absolute Gasteiger partial charge is 0.476 e. The first-order valence-corrected chi connectivity index (χ1v) is 12.0. The zero-order valence-corrected chi connectivity index (χ0v) is 19.1. The maximum atomic E-state index is 13.5. The van der Waals surface area contributed by atoms with E-state index in [0.29, 0.717) is 17.1 Å². The number of hydrogen-bond donors (Lipinski definition) is 1. The van der Waals surface area contributed by atoms with E-state index in [1.54, 1.807) is 36.4 Å². The number of fused-ring (bicyclic) bond motifs is 1. The molecule has 7 heteroatoms. The van der Waals surface area contributed by atoms with Gasteiger partial charge < -0.3 is 10.1 Å². The van der Waals surface area contributed by atoms with Crippen molar-refractivity contribution in [1.82, 2.24) is 0 Å². The van der Waals surface area contributed by atoms with Crippen LogP contribution in [0.2, 0.25) is 0 Å². The summed E-state index contributed by atoms with van der Waals surface area (Å²) in [6, 6.07) is 19.5. The Kier molecular flexibility index (Phi) is 5.93. The minimum absolute atomic E-state index is 0.118. The first kappa shape index (κ1) is 21.9. The Hall–Kier alpha value is -3.32. The predicted molar refractivity (Wildman–Crippen MR) is 126 cm³/mol. The van der Waals surface area contributed by atoms with Crippen LogP contribution in [0.25, 0.3) is 0 Å². The summed E-state index contributed by atoms with van der Waals surface area (Å²) in [5.41, 5.74) is 4.00. The minimum Gasteiger partial charge on any atom is -0.476 e. The van der Waals surface area contributed by atoms with Crippen molar-refractivity contribution < 1.29 is 17.9 Å². The molecule has 0 aliphatic carbocycles. The summed E-state index contributed by atoms with van der Waals surface area (Å²) in [7, 11) is -3.89. The van der Waals surface area contributed by atoms with Crippen LogP contribution < -0.4 is 14.4 Å². The maximum absolute atomic E-state index is 13.5. The second-order valence-electron chi connectivity index (χ2n) is 7.93. The molecule has 32 heavy (non-hydrogen) atoms. The summed E-state index contributed by atoms with van der Waals surface area (Å²) < 4.78 is 34.3. The first-order valence-electron chi connectivity index (χ1n) is 10.5. The van der Waals surface area contributed by atoms with Crippen molar-refractivity contribution in [2.75, 3.05) is 16.2 Å². The number of sulfonamides is 1. The molecule has 0 fully saturated rings. The van der Waals surface area contributed by atoms with Crippen molar-refractivity contribution in [1.29, 1.82) is 0 Å². The summed E-state index contributed by atoms with van der Waals surface area (Å²) in [4.78, 5) is 13.3. The zero-order valence-electron chi connectivity index (χ0n) is 18.3. The van der Waals surface area contributed by atoms with Gasteiger partial charge in [0.25, 0.3) is 15.9 Å². The number of carbonyl (C=O) groups is 1. The van der Waals surface area contributed by atoms with Crippen LogP contribution in [0.3, 0.4) is 0 Å². The number of ether oxygens (including phenoxy) is 1. The summed E-state index contributed by atoms with van der Waals surface area (Å²) in [5, 5.41) is 2.91. The number of amides is 1. The average molecular weight is 451 g/mol. The molecule has 0 aromatic heterocycles. The molecular weight excluding hydrogens is 424 g/mol. The number of nitrogens with one attached hydrogen (secondary N) is 1. The van der Waals surface area contributed by atoms with Crippen LogP contribution in [-0.2, 0) is 21.2 Å². The number of anilines is 2. The van der Waals surface area contributed by atoms with Crippen molar-refractivity contribution in [2.45, 2.75) is 38.2 Å². The Labute approximate surface area is 188 Å². The molecule has 0 unspecified atom stereocenters. The van der Waals surface area contributed by atoms with Crippen LogP contribution in [0.15, 0.2) is 71.6 Å². The highest BCUT2D eigenvalue weighted by atomic mass is 32.2. The molecule has 1 amide bonds. The maximum Gasteiger partial charge on any atom is 0.267 e. The number of aryl methyl sites for hydroxylation is 3. The van der Waals surface area contributed by atoms with Gasteiger partial charge in [-0.1, -0.05) is 48.9 Å². The van der Waals surface area contributed by atoms with Crippen LogP contribution in [0.1, 0.15) is 23.6 Å². The van der Waals surface area contributed by atoms with E-state index in [1.165, 1.54) is 4.31 Å². The lowest BCUT2D eigenvalue weighted by atomic mass is 10.1. The van der Waals surface area contributed by atoms with E-state index in [4.69, 9.17) is 4.74 Å². The van der Waals surface area contributed by atoms with Crippen LogP contribution in [0.4, 0.5) is 11.4 Å². The van der Waals surface area contributed by atoms with Gasteiger partial charge in [-0.15, -0.1) is 0 Å². The van der Waals surface area contributed by atoms with Crippen molar-refractivity contribution >= 4 is 27.3 Å². The highest BCUT2D eigenvalue weighted by molar-refractivity contribution is 7.92. The topological polar surface area (TPSA) is 75.7 Å². The van der Waals surface area contributed by atoms with Crippen LogP contribution in [0, 0.1) is 13.8 Å². The Balaban J connectivity index is 1.70. The quantitative estimate of drug-likeness (QED) is 0.623. The third-order valence-electron chi connectivity index (χ3n) is 5.54. The van der Waals surface area contributed by atoms with Gasteiger partial charge in [0, 0.05) is 5.69 Å². The predicted octanol–water partition coefficient (Wildman–Crippen LogP) is 4.46. The van der Waals surface area contributed by atoms with Gasteiger partial charge in [0.1, 0.15) is 5.75 Å². The second-order valence-corrected chi connectivity index (χ2v) is 9.79. The van der Waals surface area contributed by atoms with Crippen molar-refractivity contribution in [3.05, 3.63) is 83.4 Å². The van der Waals surface area contributed by atoms with Gasteiger partial charge in [0.05, 0.1) is 17.1 Å². The van der Waals surface area contributed by atoms with E-state index in [-0.39, 0.29) is 17.3 Å². The number of benzene rings is 3. The molecule has 1 aliphatic rings. The Morgan fingerprint density at radius 1 is 1.03 bits per heavy atom. The highest BCUT2D eigenvalue weighted by Crippen LogP contribution is 2.38. The monoisotopic (exact) mass is 450 g/mol. The van der Waals surface area contributed by atoms with Gasteiger partial charge in [-0.05, 0) is 61.7 Å². The molecule has 0 spiro atoms. The lowest BCUT2D eigenvalue weighted by Gasteiger charge is -2.35. The molecule has 1 N–H and O–H groups in total. The molecule has 0 saturated heterocycles. The number of carbonyl (C=O) groups excluding carboxylic acids is 1. The molecule has 3 aromatic rings. The molecule has 6 nitrogen and oxygen atoms in total. The van der Waals surface area contributed by atoms with E-state index in [9.17, 15) is 13.2 Å². The van der Waals surface area contributed by atoms with E-state index >= 15 is 0 Å². The number of rotatable bonds is 5. The fourth-order valence-electron chi connectivity index (χ4n) is 3.73. The average Bonchev–Trinajstić information content (AvgIpc) is 2.79. The number of hydrogen-bond acceptors (Lipinski definition) is 4. The van der Waals surface area contributed by atoms with Gasteiger partial charge in [0.2, 0.25) is 0 Å². The smallest absolute Gasteiger partial charge is 0.267 e. The van der Waals surface area contributed by atoms with Crippen LogP contribution in [-0.4, -0.2) is 27.0 Å². The first-order chi connectivity index (χ1) is 15.3. The van der Waals surface area contributed by atoms with Gasteiger partial charge in [-0.25, -0.2) is 8.42 Å². The molecular formula is C25H26N2O4S. The lowest BCUT2D eigenvalue weighted by molar-refractivity contribution is -0.122. The third-order valence-corrected chi connectivity index (χ3v) is 7.34. The van der Waals surface area contributed by atoms with Crippen LogP contribution >= 0.6 is 0 Å². The molecule has 1 atom stereocenters. The molecule has 0 bridgehead atoms. The molecule has 0 saturated carbocycles. The Bertz CT molecular complexity index is 1250. The van der Waals surface area contributed by atoms with E-state index < -0.39 is 16.1 Å². The van der Waals surface area contributed by atoms with Gasteiger partial charge >= 0.3 is 0 Å². The molecule has 1 heterocycles. The van der Waals surface area contributed by atoms with Crippen molar-refractivity contribution in [2.24, 2.45) is 0 Å². The Morgan fingerprint density at radius 3 is 2.44 bits per heavy atom. The second kappa shape index (κ2) is 8.67. The van der Waals surface area contributed by atoms with Crippen molar-refractivity contribution in [3.8, 4) is 5.75 Å². The zero-order chi connectivity index (χ0) is 22.9. The molecule has 3 aromatic carbocycles. The van der Waals surface area contributed by atoms with E-state index in [2.05, 4.69) is 5.32 Å². The van der Waals surface area contributed by atoms with E-state index in [1.807, 2.05) is 51.1 Å². The fourth-order valence-corrected chi connectivity index (χ4v) is 5.19.